The maximum absolute atomic E-state index is 10.2. The first-order chi connectivity index (χ1) is 9.28. The summed E-state index contributed by atoms with van der Waals surface area (Å²) in [6.07, 6.45) is 1.97. The van der Waals surface area contributed by atoms with Gasteiger partial charge in [-0.2, -0.15) is 0 Å². The molecular weight excluding hydrogens is 238 g/mol. The third-order valence-corrected chi connectivity index (χ3v) is 3.28. The maximum atomic E-state index is 10.2. The number of hydrogen-bond donors (Lipinski definition) is 1. The lowest BCUT2D eigenvalue weighted by atomic mass is 10.2. The second-order valence-corrected chi connectivity index (χ2v) is 4.52. The molecule has 0 radical (unpaired) electrons. The van der Waals surface area contributed by atoms with Gasteiger partial charge in [-0.15, -0.1) is 0 Å². The molecule has 0 aliphatic heterocycles. The summed E-state index contributed by atoms with van der Waals surface area (Å²) in [5, 5.41) is 12.1. The Kier molecular flexibility index (Phi) is 2.88. The molecule has 1 aromatic heterocycles. The molecule has 0 bridgehead atoms. The fourth-order valence-electron chi connectivity index (χ4n) is 2.25. The van der Waals surface area contributed by atoms with Crippen LogP contribution in [0.25, 0.3) is 10.8 Å². The zero-order chi connectivity index (χ0) is 13.2. The first kappa shape index (κ1) is 11.7. The van der Waals surface area contributed by atoms with Crippen LogP contribution in [0.1, 0.15) is 5.56 Å². The van der Waals surface area contributed by atoms with E-state index in [-0.39, 0.29) is 0 Å². The molecular formula is C16H15NO2. The first-order valence-corrected chi connectivity index (χ1v) is 6.17. The molecule has 3 rings (SSSR count). The molecule has 96 valence electrons. The van der Waals surface area contributed by atoms with Gasteiger partial charge in [0, 0.05) is 17.0 Å². The van der Waals surface area contributed by atoms with E-state index in [0.29, 0.717) is 12.4 Å². The van der Waals surface area contributed by atoms with E-state index in [2.05, 4.69) is 0 Å². The molecule has 1 heterocycles. The van der Waals surface area contributed by atoms with Gasteiger partial charge in [-0.05, 0) is 23.8 Å². The van der Waals surface area contributed by atoms with Gasteiger partial charge in [0.05, 0.1) is 13.7 Å². The van der Waals surface area contributed by atoms with Crippen LogP contribution in [-0.4, -0.2) is 16.8 Å². The smallest absolute Gasteiger partial charge is 0.199 e. The standard InChI is InChI=1S/C16H15NO2/c1-19-14-8-6-12(7-9-14)10-17-11-13-4-2-3-5-15(13)16(17)18/h2-9,11,18H,10H2,1H3. The molecule has 0 fully saturated rings. The van der Waals surface area contributed by atoms with E-state index in [4.69, 9.17) is 4.74 Å². The first-order valence-electron chi connectivity index (χ1n) is 6.17. The van der Waals surface area contributed by atoms with Crippen LogP contribution in [0.4, 0.5) is 0 Å². The quantitative estimate of drug-likeness (QED) is 0.776. The van der Waals surface area contributed by atoms with Crippen molar-refractivity contribution in [3.8, 4) is 11.6 Å². The van der Waals surface area contributed by atoms with Gasteiger partial charge in [0.2, 0.25) is 0 Å². The summed E-state index contributed by atoms with van der Waals surface area (Å²) in [4.78, 5) is 0. The molecule has 2 aromatic carbocycles. The van der Waals surface area contributed by atoms with E-state index < -0.39 is 0 Å². The minimum Gasteiger partial charge on any atom is -0.497 e. The van der Waals surface area contributed by atoms with Crippen molar-refractivity contribution in [1.29, 1.82) is 0 Å². The van der Waals surface area contributed by atoms with Crippen molar-refractivity contribution < 1.29 is 9.84 Å². The van der Waals surface area contributed by atoms with Crippen molar-refractivity contribution in [2.45, 2.75) is 6.54 Å². The Bertz CT molecular complexity index is 698. The lowest BCUT2D eigenvalue weighted by Gasteiger charge is -2.06. The Hall–Kier alpha value is -2.42. The number of aromatic nitrogens is 1. The minimum atomic E-state index is 0.311. The zero-order valence-electron chi connectivity index (χ0n) is 10.7. The van der Waals surface area contributed by atoms with Crippen molar-refractivity contribution in [2.75, 3.05) is 7.11 Å². The van der Waals surface area contributed by atoms with Gasteiger partial charge in [-0.3, -0.25) is 0 Å². The van der Waals surface area contributed by atoms with Gasteiger partial charge in [0.15, 0.2) is 5.88 Å². The molecule has 3 nitrogen and oxygen atoms in total. The molecule has 3 heteroatoms. The molecule has 0 amide bonds. The predicted molar refractivity (Wildman–Crippen MR) is 75.7 cm³/mol. The minimum absolute atomic E-state index is 0.311. The highest BCUT2D eigenvalue weighted by Crippen LogP contribution is 2.27. The van der Waals surface area contributed by atoms with Crippen LogP contribution in [0.5, 0.6) is 11.6 Å². The average Bonchev–Trinajstić information content (AvgIpc) is 2.77. The van der Waals surface area contributed by atoms with Gasteiger partial charge in [0.25, 0.3) is 0 Å². The van der Waals surface area contributed by atoms with Gasteiger partial charge >= 0.3 is 0 Å². The number of methoxy groups -OCH3 is 1. The van der Waals surface area contributed by atoms with Crippen LogP contribution in [0.15, 0.2) is 54.7 Å². The van der Waals surface area contributed by atoms with Crippen LogP contribution in [0.2, 0.25) is 0 Å². The normalized spacial score (nSPS) is 10.8. The van der Waals surface area contributed by atoms with Crippen molar-refractivity contribution >= 4 is 10.8 Å². The summed E-state index contributed by atoms with van der Waals surface area (Å²) in [5.41, 5.74) is 1.12. The third-order valence-electron chi connectivity index (χ3n) is 3.28. The Labute approximate surface area is 111 Å². The second kappa shape index (κ2) is 4.69. The summed E-state index contributed by atoms with van der Waals surface area (Å²) >= 11 is 0. The van der Waals surface area contributed by atoms with E-state index in [1.807, 2.05) is 59.3 Å². The van der Waals surface area contributed by atoms with E-state index >= 15 is 0 Å². The summed E-state index contributed by atoms with van der Waals surface area (Å²) in [6.45, 7) is 0.643. The lowest BCUT2D eigenvalue weighted by Crippen LogP contribution is -1.97. The van der Waals surface area contributed by atoms with Gasteiger partial charge in [0.1, 0.15) is 5.75 Å². The van der Waals surface area contributed by atoms with Crippen LogP contribution < -0.4 is 4.74 Å². The number of rotatable bonds is 3. The van der Waals surface area contributed by atoms with Crippen molar-refractivity contribution in [3.63, 3.8) is 0 Å². The Balaban J connectivity index is 1.94. The molecule has 0 spiro atoms. The van der Waals surface area contributed by atoms with Gasteiger partial charge < -0.3 is 14.4 Å². The lowest BCUT2D eigenvalue weighted by molar-refractivity contribution is 0.414. The topological polar surface area (TPSA) is 34.4 Å². The van der Waals surface area contributed by atoms with Crippen molar-refractivity contribution in [3.05, 3.63) is 60.3 Å². The van der Waals surface area contributed by atoms with E-state index in [0.717, 1.165) is 22.1 Å². The largest absolute Gasteiger partial charge is 0.497 e. The SMILES string of the molecule is COc1ccc(Cn2cc3ccccc3c2O)cc1. The second-order valence-electron chi connectivity index (χ2n) is 4.52. The molecule has 1 N–H and O–H groups in total. The fraction of sp³-hybridized carbons (Fsp3) is 0.125. The molecule has 0 unspecified atom stereocenters. The molecule has 0 aliphatic rings. The molecule has 19 heavy (non-hydrogen) atoms. The molecule has 3 aromatic rings. The van der Waals surface area contributed by atoms with E-state index in [9.17, 15) is 5.11 Å². The number of nitrogens with zero attached hydrogens (tertiary/aromatic N) is 1. The Morgan fingerprint density at radius 1 is 1.05 bits per heavy atom. The number of aromatic hydroxyl groups is 1. The summed E-state index contributed by atoms with van der Waals surface area (Å²) in [5.74, 6) is 1.15. The van der Waals surface area contributed by atoms with Gasteiger partial charge in [-0.25, -0.2) is 0 Å². The fourth-order valence-corrected chi connectivity index (χ4v) is 2.25. The van der Waals surface area contributed by atoms with Crippen LogP contribution in [0.3, 0.4) is 0 Å². The van der Waals surface area contributed by atoms with Crippen LogP contribution >= 0.6 is 0 Å². The van der Waals surface area contributed by atoms with Gasteiger partial charge in [-0.1, -0.05) is 30.3 Å². The monoisotopic (exact) mass is 253 g/mol. The summed E-state index contributed by atoms with van der Waals surface area (Å²) in [6, 6.07) is 15.7. The predicted octanol–water partition coefficient (Wildman–Crippen LogP) is 3.40. The third kappa shape index (κ3) is 2.15. The summed E-state index contributed by atoms with van der Waals surface area (Å²) in [7, 11) is 1.65. The Morgan fingerprint density at radius 3 is 2.47 bits per heavy atom. The average molecular weight is 253 g/mol. The van der Waals surface area contributed by atoms with Crippen LogP contribution in [-0.2, 0) is 6.54 Å². The Morgan fingerprint density at radius 2 is 1.79 bits per heavy atom. The highest BCUT2D eigenvalue weighted by atomic mass is 16.5. The molecule has 0 saturated carbocycles. The van der Waals surface area contributed by atoms with Crippen molar-refractivity contribution in [1.82, 2.24) is 4.57 Å². The number of hydrogen-bond acceptors (Lipinski definition) is 2. The maximum Gasteiger partial charge on any atom is 0.199 e. The summed E-state index contributed by atoms with van der Waals surface area (Å²) < 4.78 is 6.99. The van der Waals surface area contributed by atoms with E-state index in [1.165, 1.54) is 0 Å². The number of benzene rings is 2. The number of fused-ring (bicyclic) bond motifs is 1. The van der Waals surface area contributed by atoms with Crippen LogP contribution in [0, 0.1) is 0 Å². The molecule has 0 saturated heterocycles. The zero-order valence-corrected chi connectivity index (χ0v) is 10.7. The molecule has 0 atom stereocenters. The van der Waals surface area contributed by atoms with E-state index in [1.54, 1.807) is 7.11 Å². The molecule has 0 aliphatic carbocycles. The highest BCUT2D eigenvalue weighted by molar-refractivity contribution is 5.87. The highest BCUT2D eigenvalue weighted by Gasteiger charge is 2.07. The number of ether oxygens (including phenoxy) is 1. The van der Waals surface area contributed by atoms with Crippen molar-refractivity contribution in [2.24, 2.45) is 0 Å².